The Labute approximate surface area is 114 Å². The molecule has 3 nitrogen and oxygen atoms in total. The molecule has 0 amide bonds. The minimum absolute atomic E-state index is 0.273. The third kappa shape index (κ3) is 3.29. The molecule has 0 radical (unpaired) electrons. The molecule has 0 aromatic carbocycles. The number of ether oxygens (including phenoxy) is 1. The van der Waals surface area contributed by atoms with Crippen molar-refractivity contribution in [3.05, 3.63) is 18.2 Å². The summed E-state index contributed by atoms with van der Waals surface area (Å²) in [7, 11) is 0. The molecule has 1 fully saturated rings. The fourth-order valence-corrected chi connectivity index (χ4v) is 2.65. The lowest BCUT2D eigenvalue weighted by atomic mass is 9.94. The molecule has 18 heavy (non-hydrogen) atoms. The molecule has 0 spiro atoms. The van der Waals surface area contributed by atoms with Crippen LogP contribution in [0.4, 0.5) is 5.82 Å². The van der Waals surface area contributed by atoms with Crippen LogP contribution < -0.4 is 9.64 Å². The molecule has 4 heteroatoms. The standard InChI is InChI=1S/C14H21ClN2O/c1-3-18-14-6-4-5-13(16-14)17-9-7-12(8-10-17)11(2)15/h4-6,11-12H,3,7-10H2,1-2H3. The number of halogens is 1. The van der Waals surface area contributed by atoms with Crippen molar-refractivity contribution < 1.29 is 4.74 Å². The minimum atomic E-state index is 0.273. The van der Waals surface area contributed by atoms with Crippen LogP contribution in [0.1, 0.15) is 26.7 Å². The Balaban J connectivity index is 1.98. The molecule has 1 saturated heterocycles. The van der Waals surface area contributed by atoms with Gasteiger partial charge in [0.15, 0.2) is 0 Å². The van der Waals surface area contributed by atoms with Crippen molar-refractivity contribution >= 4 is 17.4 Å². The Bertz CT molecular complexity index is 376. The van der Waals surface area contributed by atoms with E-state index in [9.17, 15) is 0 Å². The van der Waals surface area contributed by atoms with E-state index in [-0.39, 0.29) is 5.38 Å². The molecule has 0 bridgehead atoms. The predicted octanol–water partition coefficient (Wildman–Crippen LogP) is 3.32. The van der Waals surface area contributed by atoms with Crippen LogP contribution in [0.3, 0.4) is 0 Å². The van der Waals surface area contributed by atoms with Crippen molar-refractivity contribution in [1.82, 2.24) is 4.98 Å². The van der Waals surface area contributed by atoms with E-state index in [0.29, 0.717) is 18.4 Å². The molecule has 1 unspecified atom stereocenters. The highest BCUT2D eigenvalue weighted by Gasteiger charge is 2.23. The summed E-state index contributed by atoms with van der Waals surface area (Å²) in [5, 5.41) is 0.273. The van der Waals surface area contributed by atoms with Crippen LogP contribution in [0.5, 0.6) is 5.88 Å². The van der Waals surface area contributed by atoms with Crippen LogP contribution >= 0.6 is 11.6 Å². The predicted molar refractivity (Wildman–Crippen MR) is 75.7 cm³/mol. The lowest BCUT2D eigenvalue weighted by Gasteiger charge is -2.33. The van der Waals surface area contributed by atoms with Gasteiger partial charge in [-0.1, -0.05) is 6.07 Å². The molecule has 0 saturated carbocycles. The molecule has 2 rings (SSSR count). The van der Waals surface area contributed by atoms with Crippen molar-refractivity contribution in [3.8, 4) is 5.88 Å². The fourth-order valence-electron chi connectivity index (χ4n) is 2.40. The zero-order chi connectivity index (χ0) is 13.0. The molecule has 2 heterocycles. The van der Waals surface area contributed by atoms with E-state index in [1.807, 2.05) is 25.1 Å². The Hall–Kier alpha value is -0.960. The number of piperidine rings is 1. The van der Waals surface area contributed by atoms with Crippen molar-refractivity contribution in [3.63, 3.8) is 0 Å². The normalized spacial score (nSPS) is 18.7. The van der Waals surface area contributed by atoms with Gasteiger partial charge in [-0.25, -0.2) is 0 Å². The maximum Gasteiger partial charge on any atom is 0.215 e. The maximum atomic E-state index is 6.16. The zero-order valence-corrected chi connectivity index (χ0v) is 11.9. The zero-order valence-electron chi connectivity index (χ0n) is 11.1. The number of nitrogens with zero attached hydrogens (tertiary/aromatic N) is 2. The van der Waals surface area contributed by atoms with Crippen LogP contribution in [0.2, 0.25) is 0 Å². The lowest BCUT2D eigenvalue weighted by Crippen LogP contribution is -2.36. The molecule has 1 aliphatic rings. The summed E-state index contributed by atoms with van der Waals surface area (Å²) in [6, 6.07) is 5.96. The highest BCUT2D eigenvalue weighted by atomic mass is 35.5. The molecule has 100 valence electrons. The van der Waals surface area contributed by atoms with E-state index < -0.39 is 0 Å². The summed E-state index contributed by atoms with van der Waals surface area (Å²) in [5.41, 5.74) is 0. The summed E-state index contributed by atoms with van der Waals surface area (Å²) < 4.78 is 5.44. The van der Waals surface area contributed by atoms with Gasteiger partial charge in [-0.2, -0.15) is 4.98 Å². The maximum absolute atomic E-state index is 6.16. The first-order valence-electron chi connectivity index (χ1n) is 6.69. The number of aromatic nitrogens is 1. The number of hydrogen-bond acceptors (Lipinski definition) is 3. The Morgan fingerprint density at radius 1 is 1.44 bits per heavy atom. The number of pyridine rings is 1. The van der Waals surface area contributed by atoms with E-state index >= 15 is 0 Å². The summed E-state index contributed by atoms with van der Waals surface area (Å²) in [6.45, 7) is 6.79. The summed E-state index contributed by atoms with van der Waals surface area (Å²) in [5.74, 6) is 2.36. The molecule has 0 N–H and O–H groups in total. The summed E-state index contributed by atoms with van der Waals surface area (Å²) in [6.07, 6.45) is 2.29. The Morgan fingerprint density at radius 3 is 2.78 bits per heavy atom. The first kappa shape index (κ1) is 13.5. The molecular weight excluding hydrogens is 248 g/mol. The van der Waals surface area contributed by atoms with Gasteiger partial charge in [0.05, 0.1) is 6.61 Å². The number of anilines is 1. The van der Waals surface area contributed by atoms with Crippen LogP contribution in [-0.2, 0) is 0 Å². The second-order valence-electron chi connectivity index (χ2n) is 4.77. The van der Waals surface area contributed by atoms with Crippen molar-refractivity contribution in [2.24, 2.45) is 5.92 Å². The van der Waals surface area contributed by atoms with Gasteiger partial charge < -0.3 is 9.64 Å². The average molecular weight is 269 g/mol. The molecule has 1 atom stereocenters. The third-order valence-electron chi connectivity index (χ3n) is 3.51. The topological polar surface area (TPSA) is 25.4 Å². The lowest BCUT2D eigenvalue weighted by molar-refractivity contribution is 0.326. The summed E-state index contributed by atoms with van der Waals surface area (Å²) in [4.78, 5) is 6.84. The SMILES string of the molecule is CCOc1cccc(N2CCC(C(C)Cl)CC2)n1. The molecule has 1 aliphatic heterocycles. The number of hydrogen-bond donors (Lipinski definition) is 0. The quantitative estimate of drug-likeness (QED) is 0.784. The van der Waals surface area contributed by atoms with E-state index in [1.54, 1.807) is 0 Å². The van der Waals surface area contributed by atoms with Crippen LogP contribution in [-0.4, -0.2) is 30.1 Å². The number of rotatable bonds is 4. The van der Waals surface area contributed by atoms with E-state index in [1.165, 1.54) is 0 Å². The van der Waals surface area contributed by atoms with Crippen molar-refractivity contribution in [2.75, 3.05) is 24.6 Å². The summed E-state index contributed by atoms with van der Waals surface area (Å²) >= 11 is 6.16. The van der Waals surface area contributed by atoms with Crippen LogP contribution in [0, 0.1) is 5.92 Å². The largest absolute Gasteiger partial charge is 0.478 e. The highest BCUT2D eigenvalue weighted by molar-refractivity contribution is 6.20. The highest BCUT2D eigenvalue weighted by Crippen LogP contribution is 2.27. The van der Waals surface area contributed by atoms with Gasteiger partial charge in [-0.3, -0.25) is 0 Å². The van der Waals surface area contributed by atoms with E-state index in [4.69, 9.17) is 16.3 Å². The van der Waals surface area contributed by atoms with Gasteiger partial charge in [0.2, 0.25) is 5.88 Å². The molecular formula is C14H21ClN2O. The van der Waals surface area contributed by atoms with Gasteiger partial charge in [-0.05, 0) is 38.7 Å². The first-order chi connectivity index (χ1) is 8.70. The Kier molecular flexibility index (Phi) is 4.70. The van der Waals surface area contributed by atoms with Crippen LogP contribution in [0.15, 0.2) is 18.2 Å². The van der Waals surface area contributed by atoms with E-state index in [0.717, 1.165) is 31.7 Å². The third-order valence-corrected chi connectivity index (χ3v) is 3.87. The van der Waals surface area contributed by atoms with E-state index in [2.05, 4.69) is 16.8 Å². The van der Waals surface area contributed by atoms with Gasteiger partial charge in [0, 0.05) is 24.5 Å². The van der Waals surface area contributed by atoms with Gasteiger partial charge in [-0.15, -0.1) is 11.6 Å². The minimum Gasteiger partial charge on any atom is -0.478 e. The molecule has 1 aromatic rings. The molecule has 0 aliphatic carbocycles. The van der Waals surface area contributed by atoms with Gasteiger partial charge in [0.25, 0.3) is 0 Å². The molecule has 1 aromatic heterocycles. The monoisotopic (exact) mass is 268 g/mol. The Morgan fingerprint density at radius 2 is 2.17 bits per heavy atom. The van der Waals surface area contributed by atoms with Gasteiger partial charge >= 0.3 is 0 Å². The fraction of sp³-hybridized carbons (Fsp3) is 0.643. The number of alkyl halides is 1. The second-order valence-corrected chi connectivity index (χ2v) is 5.46. The van der Waals surface area contributed by atoms with Crippen molar-refractivity contribution in [1.29, 1.82) is 0 Å². The smallest absolute Gasteiger partial charge is 0.215 e. The van der Waals surface area contributed by atoms with Crippen molar-refractivity contribution in [2.45, 2.75) is 32.1 Å². The van der Waals surface area contributed by atoms with Gasteiger partial charge in [0.1, 0.15) is 5.82 Å². The second kappa shape index (κ2) is 6.28. The first-order valence-corrected chi connectivity index (χ1v) is 7.13. The average Bonchev–Trinajstić information content (AvgIpc) is 2.39. The van der Waals surface area contributed by atoms with Crippen LogP contribution in [0.25, 0.3) is 0 Å².